The Morgan fingerprint density at radius 1 is 1.44 bits per heavy atom. The Labute approximate surface area is 108 Å². The third-order valence-corrected chi connectivity index (χ3v) is 3.21. The van der Waals surface area contributed by atoms with Crippen LogP contribution < -0.4 is 15.0 Å². The molecule has 0 radical (unpaired) electrons. The molecule has 0 fully saturated rings. The van der Waals surface area contributed by atoms with Crippen LogP contribution in [0.25, 0.3) is 0 Å². The largest absolute Gasteiger partial charge is 0.479 e. The topological polar surface area (TPSA) is 41.6 Å². The molecule has 2 rings (SSSR count). The minimum atomic E-state index is -0.388. The molecular weight excluding hydrogens is 228 g/mol. The summed E-state index contributed by atoms with van der Waals surface area (Å²) in [7, 11) is 1.94. The third kappa shape index (κ3) is 2.34. The van der Waals surface area contributed by atoms with E-state index in [4.69, 9.17) is 4.74 Å². The van der Waals surface area contributed by atoms with Crippen molar-refractivity contribution < 1.29 is 9.53 Å². The van der Waals surface area contributed by atoms with E-state index < -0.39 is 0 Å². The first-order valence-electron chi connectivity index (χ1n) is 6.43. The van der Waals surface area contributed by atoms with Crippen molar-refractivity contribution in [3.63, 3.8) is 0 Å². The summed E-state index contributed by atoms with van der Waals surface area (Å²) >= 11 is 0. The highest BCUT2D eigenvalue weighted by Crippen LogP contribution is 2.34. The Morgan fingerprint density at radius 2 is 2.22 bits per heavy atom. The zero-order chi connectivity index (χ0) is 13.1. The Balaban J connectivity index is 2.32. The van der Waals surface area contributed by atoms with Gasteiger partial charge in [0, 0.05) is 6.54 Å². The van der Waals surface area contributed by atoms with E-state index >= 15 is 0 Å². The van der Waals surface area contributed by atoms with Gasteiger partial charge in [0.1, 0.15) is 5.75 Å². The van der Waals surface area contributed by atoms with Crippen molar-refractivity contribution in [2.24, 2.45) is 0 Å². The van der Waals surface area contributed by atoms with E-state index in [0.29, 0.717) is 6.54 Å². The summed E-state index contributed by atoms with van der Waals surface area (Å²) in [5.74, 6) is 0.841. The fourth-order valence-corrected chi connectivity index (χ4v) is 2.20. The number of ether oxygens (including phenoxy) is 1. The number of likely N-dealkylation sites (N-methyl/N-ethyl adjacent to an activating group) is 2. The van der Waals surface area contributed by atoms with E-state index in [1.807, 2.05) is 20.0 Å². The summed E-state index contributed by atoms with van der Waals surface area (Å²) in [6.07, 6.45) is 0.561. The van der Waals surface area contributed by atoms with Crippen LogP contribution in [0.2, 0.25) is 0 Å². The highest BCUT2D eigenvalue weighted by molar-refractivity contribution is 5.99. The van der Waals surface area contributed by atoms with E-state index in [2.05, 4.69) is 17.4 Å². The molecule has 1 heterocycles. The summed E-state index contributed by atoms with van der Waals surface area (Å²) < 4.78 is 5.63. The lowest BCUT2D eigenvalue weighted by Crippen LogP contribution is -2.44. The van der Waals surface area contributed by atoms with Crippen LogP contribution in [0.1, 0.15) is 19.4 Å². The van der Waals surface area contributed by atoms with Gasteiger partial charge in [0.15, 0.2) is 6.10 Å². The van der Waals surface area contributed by atoms with Crippen LogP contribution in [0, 0.1) is 0 Å². The molecule has 4 heteroatoms. The zero-order valence-electron chi connectivity index (χ0n) is 11.2. The van der Waals surface area contributed by atoms with E-state index in [1.54, 1.807) is 11.8 Å². The highest BCUT2D eigenvalue weighted by atomic mass is 16.5. The van der Waals surface area contributed by atoms with E-state index in [-0.39, 0.29) is 12.0 Å². The van der Waals surface area contributed by atoms with Crippen molar-refractivity contribution in [3.8, 4) is 5.75 Å². The van der Waals surface area contributed by atoms with Crippen LogP contribution in [-0.4, -0.2) is 32.1 Å². The van der Waals surface area contributed by atoms with Gasteiger partial charge in [-0.1, -0.05) is 6.07 Å². The first-order chi connectivity index (χ1) is 8.67. The quantitative estimate of drug-likeness (QED) is 0.879. The van der Waals surface area contributed by atoms with Gasteiger partial charge in [-0.15, -0.1) is 0 Å². The minimum Gasteiger partial charge on any atom is -0.479 e. The van der Waals surface area contributed by atoms with Gasteiger partial charge in [0.2, 0.25) is 0 Å². The van der Waals surface area contributed by atoms with Crippen LogP contribution in [0.15, 0.2) is 18.2 Å². The maximum atomic E-state index is 12.0. The van der Waals surface area contributed by atoms with Gasteiger partial charge < -0.3 is 15.0 Å². The third-order valence-electron chi connectivity index (χ3n) is 3.21. The van der Waals surface area contributed by atoms with Crippen LogP contribution >= 0.6 is 0 Å². The number of hydrogen-bond donors (Lipinski definition) is 1. The second-order valence-electron chi connectivity index (χ2n) is 4.50. The van der Waals surface area contributed by atoms with E-state index in [1.165, 1.54) is 5.56 Å². The number of fused-ring (bicyclic) bond motifs is 1. The monoisotopic (exact) mass is 248 g/mol. The average Bonchev–Trinajstić information content (AvgIpc) is 2.38. The van der Waals surface area contributed by atoms with Gasteiger partial charge in [0.25, 0.3) is 5.91 Å². The molecule has 1 atom stereocenters. The Morgan fingerprint density at radius 3 is 2.89 bits per heavy atom. The molecule has 1 aliphatic heterocycles. The van der Waals surface area contributed by atoms with Crippen LogP contribution in [0.5, 0.6) is 5.75 Å². The Bertz CT molecular complexity index is 445. The predicted molar refractivity (Wildman–Crippen MR) is 72.2 cm³/mol. The average molecular weight is 248 g/mol. The second-order valence-corrected chi connectivity index (χ2v) is 4.50. The maximum Gasteiger partial charge on any atom is 0.267 e. The molecule has 1 amide bonds. The molecule has 4 nitrogen and oxygen atoms in total. The number of rotatable bonds is 4. The zero-order valence-corrected chi connectivity index (χ0v) is 11.2. The predicted octanol–water partition coefficient (Wildman–Crippen LogP) is 1.58. The number of carbonyl (C=O) groups excluding carboxylic acids is 1. The first-order valence-corrected chi connectivity index (χ1v) is 6.43. The number of anilines is 1. The van der Waals surface area contributed by atoms with Crippen molar-refractivity contribution in [3.05, 3.63) is 23.8 Å². The maximum absolute atomic E-state index is 12.0. The van der Waals surface area contributed by atoms with Gasteiger partial charge >= 0.3 is 0 Å². The van der Waals surface area contributed by atoms with Crippen molar-refractivity contribution in [1.29, 1.82) is 0 Å². The lowest BCUT2D eigenvalue weighted by Gasteiger charge is -2.32. The molecule has 1 aromatic carbocycles. The van der Waals surface area contributed by atoms with E-state index in [0.717, 1.165) is 24.4 Å². The summed E-state index contributed by atoms with van der Waals surface area (Å²) in [6.45, 7) is 5.38. The molecule has 0 bridgehead atoms. The second kappa shape index (κ2) is 5.40. The van der Waals surface area contributed by atoms with Gasteiger partial charge in [-0.3, -0.25) is 4.79 Å². The molecule has 0 saturated heterocycles. The summed E-state index contributed by atoms with van der Waals surface area (Å²) in [5.41, 5.74) is 2.11. The fraction of sp³-hybridized carbons (Fsp3) is 0.500. The lowest BCUT2D eigenvalue weighted by atomic mass is 10.1. The standard InChI is InChI=1S/C14H20N2O2/c1-4-16-12-9-11(7-8-15-3)5-6-13(12)18-10(2)14(16)17/h5-6,9-10,15H,4,7-8H2,1-3H3. The SMILES string of the molecule is CCN1C(=O)C(C)Oc2ccc(CCNC)cc21. The van der Waals surface area contributed by atoms with Crippen LogP contribution in [0.4, 0.5) is 5.69 Å². The summed E-state index contributed by atoms with van der Waals surface area (Å²) in [5, 5.41) is 3.13. The van der Waals surface area contributed by atoms with E-state index in [9.17, 15) is 4.79 Å². The van der Waals surface area contributed by atoms with Crippen molar-refractivity contribution in [2.45, 2.75) is 26.4 Å². The molecule has 1 aromatic rings. The van der Waals surface area contributed by atoms with Gasteiger partial charge in [-0.05, 0) is 51.6 Å². The Hall–Kier alpha value is -1.55. The van der Waals surface area contributed by atoms with Crippen molar-refractivity contribution in [2.75, 3.05) is 25.0 Å². The number of nitrogens with one attached hydrogen (secondary N) is 1. The van der Waals surface area contributed by atoms with Crippen molar-refractivity contribution >= 4 is 11.6 Å². The molecule has 98 valence electrons. The molecule has 1 aliphatic rings. The molecule has 18 heavy (non-hydrogen) atoms. The van der Waals surface area contributed by atoms with Crippen LogP contribution in [-0.2, 0) is 11.2 Å². The molecule has 0 spiro atoms. The normalized spacial score (nSPS) is 18.5. The number of nitrogens with zero attached hydrogens (tertiary/aromatic N) is 1. The smallest absolute Gasteiger partial charge is 0.267 e. The first kappa shape index (κ1) is 12.9. The highest BCUT2D eigenvalue weighted by Gasteiger charge is 2.30. The number of benzene rings is 1. The van der Waals surface area contributed by atoms with Crippen LogP contribution in [0.3, 0.4) is 0 Å². The molecule has 0 aliphatic carbocycles. The number of carbonyl (C=O) groups is 1. The summed E-state index contributed by atoms with van der Waals surface area (Å²) in [4.78, 5) is 13.8. The van der Waals surface area contributed by atoms with Gasteiger partial charge in [-0.25, -0.2) is 0 Å². The van der Waals surface area contributed by atoms with Gasteiger partial charge in [0.05, 0.1) is 5.69 Å². The fourth-order valence-electron chi connectivity index (χ4n) is 2.20. The lowest BCUT2D eigenvalue weighted by molar-refractivity contribution is -0.125. The molecule has 1 N–H and O–H groups in total. The molecule has 0 saturated carbocycles. The van der Waals surface area contributed by atoms with Gasteiger partial charge in [-0.2, -0.15) is 0 Å². The molecule has 0 aromatic heterocycles. The number of hydrogen-bond acceptors (Lipinski definition) is 3. The minimum absolute atomic E-state index is 0.0377. The molecule has 1 unspecified atom stereocenters. The summed E-state index contributed by atoms with van der Waals surface area (Å²) in [6, 6.07) is 6.08. The van der Waals surface area contributed by atoms with Crippen molar-refractivity contribution in [1.82, 2.24) is 5.32 Å². The Kier molecular flexibility index (Phi) is 3.87. The number of amides is 1. The molecular formula is C14H20N2O2.